The van der Waals surface area contributed by atoms with Crippen LogP contribution in [0.4, 0.5) is 4.39 Å². The molecular weight excluding hydrogens is 469 g/mol. The van der Waals surface area contributed by atoms with Crippen LogP contribution in [0.2, 0.25) is 0 Å². The number of aryl methyl sites for hydroxylation is 1. The first kappa shape index (κ1) is 26.4. The van der Waals surface area contributed by atoms with E-state index in [1.807, 2.05) is 33.0 Å². The topological polar surface area (TPSA) is 96.4 Å². The van der Waals surface area contributed by atoms with Crippen LogP contribution in [-0.2, 0) is 6.42 Å². The number of aromatic hydroxyl groups is 1. The van der Waals surface area contributed by atoms with Gasteiger partial charge in [0.1, 0.15) is 17.7 Å². The van der Waals surface area contributed by atoms with Gasteiger partial charge in [0, 0.05) is 31.0 Å². The van der Waals surface area contributed by atoms with Crippen molar-refractivity contribution >= 4 is 5.57 Å². The average molecular weight is 512 g/mol. The summed E-state index contributed by atoms with van der Waals surface area (Å²) in [5.74, 6) is 1.02. The molecule has 1 aliphatic carbocycles. The molecule has 3 aliphatic rings. The van der Waals surface area contributed by atoms with Gasteiger partial charge in [0.05, 0.1) is 29.6 Å². The Morgan fingerprint density at radius 2 is 2.03 bits per heavy atom. The van der Waals surface area contributed by atoms with Gasteiger partial charge in [0.2, 0.25) is 0 Å². The van der Waals surface area contributed by atoms with E-state index in [2.05, 4.69) is 33.7 Å². The van der Waals surface area contributed by atoms with Crippen LogP contribution in [0, 0.1) is 5.92 Å². The van der Waals surface area contributed by atoms with Crippen molar-refractivity contribution in [2.24, 2.45) is 5.92 Å². The fourth-order valence-corrected chi connectivity index (χ4v) is 6.38. The smallest absolute Gasteiger partial charge is 0.125 e. The molecule has 0 radical (unpaired) electrons. The summed E-state index contributed by atoms with van der Waals surface area (Å²) in [6.45, 7) is 9.67. The maximum absolute atomic E-state index is 15.9. The number of hydrogen-bond acceptors (Lipinski definition) is 6. The molecule has 5 rings (SSSR count). The summed E-state index contributed by atoms with van der Waals surface area (Å²) in [5, 5.41) is 20.0. The lowest BCUT2D eigenvalue weighted by molar-refractivity contribution is 0.0540. The van der Waals surface area contributed by atoms with Crippen LogP contribution in [0.25, 0.3) is 5.57 Å². The van der Waals surface area contributed by atoms with E-state index < -0.39 is 11.8 Å². The van der Waals surface area contributed by atoms with E-state index in [4.69, 9.17) is 4.98 Å². The molecule has 7 nitrogen and oxygen atoms in total. The third-order valence-electron chi connectivity index (χ3n) is 8.69. The Balaban J connectivity index is 1.27. The maximum Gasteiger partial charge on any atom is 0.125 e. The lowest BCUT2D eigenvalue weighted by Crippen LogP contribution is -2.45. The number of imidazole rings is 1. The molecule has 202 valence electrons. The summed E-state index contributed by atoms with van der Waals surface area (Å²) in [6.07, 6.45) is 7.31. The molecule has 0 bridgehead atoms. The van der Waals surface area contributed by atoms with E-state index in [9.17, 15) is 10.2 Å². The fraction of sp³-hybridized carbons (Fsp3) is 0.621. The van der Waals surface area contributed by atoms with Crippen molar-refractivity contribution < 1.29 is 14.6 Å². The zero-order valence-electron chi connectivity index (χ0n) is 22.5. The highest BCUT2D eigenvalue weighted by Crippen LogP contribution is 2.45. The summed E-state index contributed by atoms with van der Waals surface area (Å²) in [6, 6.07) is 5.42. The van der Waals surface area contributed by atoms with Crippen LogP contribution in [-0.4, -0.2) is 62.0 Å². The minimum Gasteiger partial charge on any atom is -0.508 e. The van der Waals surface area contributed by atoms with E-state index in [0.29, 0.717) is 6.04 Å². The molecule has 0 amide bonds. The van der Waals surface area contributed by atoms with Gasteiger partial charge in [-0.05, 0) is 81.7 Å². The number of aromatic nitrogens is 2. The number of aliphatic hydroxyl groups is 1. The summed E-state index contributed by atoms with van der Waals surface area (Å²) in [5.41, 5.74) is 10.2. The number of rotatable bonds is 7. The van der Waals surface area contributed by atoms with Gasteiger partial charge in [-0.2, -0.15) is 0 Å². The number of phenolic OH excluding ortho intramolecular Hbond substituents is 1. The summed E-state index contributed by atoms with van der Waals surface area (Å²) >= 11 is 0. The second-order valence-corrected chi connectivity index (χ2v) is 11.9. The highest BCUT2D eigenvalue weighted by molar-refractivity contribution is 5.64. The quantitative estimate of drug-likeness (QED) is 0.379. The molecule has 8 heteroatoms. The summed E-state index contributed by atoms with van der Waals surface area (Å²) < 4.78 is 15.9. The van der Waals surface area contributed by atoms with E-state index in [1.54, 1.807) is 12.1 Å². The van der Waals surface area contributed by atoms with Gasteiger partial charge in [-0.15, -0.1) is 0 Å². The molecule has 2 aliphatic heterocycles. The van der Waals surface area contributed by atoms with Crippen LogP contribution >= 0.6 is 0 Å². The molecule has 1 aromatic carbocycles. The molecule has 0 spiro atoms. The normalized spacial score (nSPS) is 30.8. The SMILES string of the molecule is CCc1cc(O)ccc1C1CCC2C(c3ncc(C4=CC[C@H](C)N(CCC(C)(C)O)C4)[nH]3)NNC2C1F. The van der Waals surface area contributed by atoms with Crippen molar-refractivity contribution in [1.82, 2.24) is 25.7 Å². The van der Waals surface area contributed by atoms with Crippen LogP contribution in [0.5, 0.6) is 5.75 Å². The Bertz CT molecular complexity index is 1130. The molecule has 5 N–H and O–H groups in total. The van der Waals surface area contributed by atoms with E-state index >= 15 is 4.39 Å². The van der Waals surface area contributed by atoms with Gasteiger partial charge < -0.3 is 15.2 Å². The number of fused-ring (bicyclic) bond motifs is 1. The van der Waals surface area contributed by atoms with Crippen LogP contribution < -0.4 is 10.9 Å². The largest absolute Gasteiger partial charge is 0.508 e. The standard InChI is InChI=1S/C29H42FN5O2/c1-5-18-14-20(36)8-9-21(18)22-10-11-23-26(25(22)30)33-34-27(23)28-31-15-24(32-28)19-7-6-17(2)35(16-19)13-12-29(3,4)37/h7-9,14-15,17,22-23,25-27,33-34,36-37H,5-6,10-13,16H2,1-4H3,(H,31,32)/t17-,22?,23?,25?,26?,27?/m0/s1. The van der Waals surface area contributed by atoms with Gasteiger partial charge in [0.25, 0.3) is 0 Å². The number of phenols is 1. The van der Waals surface area contributed by atoms with Crippen molar-refractivity contribution in [1.29, 1.82) is 0 Å². The van der Waals surface area contributed by atoms with Gasteiger partial charge in [-0.1, -0.05) is 19.1 Å². The Morgan fingerprint density at radius 1 is 1.22 bits per heavy atom. The Labute approximate surface area is 219 Å². The third-order valence-corrected chi connectivity index (χ3v) is 8.69. The zero-order valence-corrected chi connectivity index (χ0v) is 22.5. The van der Waals surface area contributed by atoms with Crippen LogP contribution in [0.3, 0.4) is 0 Å². The summed E-state index contributed by atoms with van der Waals surface area (Å²) in [4.78, 5) is 10.7. The van der Waals surface area contributed by atoms with Crippen LogP contribution in [0.15, 0.2) is 30.5 Å². The molecule has 3 heterocycles. The number of H-pyrrole nitrogens is 1. The van der Waals surface area contributed by atoms with E-state index in [-0.39, 0.29) is 29.7 Å². The molecule has 1 saturated carbocycles. The lowest BCUT2D eigenvalue weighted by atomic mass is 9.71. The number of alkyl halides is 1. The minimum atomic E-state index is -1.02. The molecule has 37 heavy (non-hydrogen) atoms. The van der Waals surface area contributed by atoms with Crippen molar-refractivity contribution in [3.05, 3.63) is 53.1 Å². The highest BCUT2D eigenvalue weighted by Gasteiger charge is 2.48. The predicted octanol–water partition coefficient (Wildman–Crippen LogP) is 4.37. The number of halogens is 1. The fourth-order valence-electron chi connectivity index (χ4n) is 6.38. The van der Waals surface area contributed by atoms with E-state index in [0.717, 1.165) is 67.8 Å². The first-order chi connectivity index (χ1) is 17.6. The van der Waals surface area contributed by atoms with Crippen molar-refractivity contribution in [3.8, 4) is 5.75 Å². The number of nitrogens with one attached hydrogen (secondary N) is 3. The molecule has 2 fully saturated rings. The highest BCUT2D eigenvalue weighted by atomic mass is 19.1. The van der Waals surface area contributed by atoms with Gasteiger partial charge in [0.15, 0.2) is 0 Å². The predicted molar refractivity (Wildman–Crippen MR) is 144 cm³/mol. The Kier molecular flexibility index (Phi) is 7.47. The van der Waals surface area contributed by atoms with Crippen molar-refractivity contribution in [3.63, 3.8) is 0 Å². The third kappa shape index (κ3) is 5.48. The number of aromatic amines is 1. The first-order valence-corrected chi connectivity index (χ1v) is 13.8. The molecule has 5 unspecified atom stereocenters. The monoisotopic (exact) mass is 511 g/mol. The number of benzene rings is 1. The second-order valence-electron chi connectivity index (χ2n) is 11.9. The summed E-state index contributed by atoms with van der Waals surface area (Å²) in [7, 11) is 0. The van der Waals surface area contributed by atoms with Crippen molar-refractivity contribution in [2.45, 2.75) is 95.6 Å². The van der Waals surface area contributed by atoms with E-state index in [1.165, 1.54) is 5.57 Å². The zero-order chi connectivity index (χ0) is 26.3. The number of hydrogen-bond donors (Lipinski definition) is 5. The molecule has 1 aromatic heterocycles. The Morgan fingerprint density at radius 3 is 2.78 bits per heavy atom. The molecule has 2 aromatic rings. The molecule has 6 atom stereocenters. The van der Waals surface area contributed by atoms with Gasteiger partial charge in [-0.25, -0.2) is 14.8 Å². The average Bonchev–Trinajstić information content (AvgIpc) is 3.51. The van der Waals surface area contributed by atoms with Crippen LogP contribution in [0.1, 0.15) is 88.0 Å². The van der Waals surface area contributed by atoms with Gasteiger partial charge in [-0.3, -0.25) is 10.3 Å². The second kappa shape index (κ2) is 10.5. The molecule has 1 saturated heterocycles. The maximum atomic E-state index is 15.9. The van der Waals surface area contributed by atoms with Crippen molar-refractivity contribution in [2.75, 3.05) is 13.1 Å². The lowest BCUT2D eigenvalue weighted by Gasteiger charge is -2.36. The molecular formula is C29H42FN5O2. The Hall–Kier alpha value is -2.26. The number of nitrogens with zero attached hydrogens (tertiary/aromatic N) is 2. The van der Waals surface area contributed by atoms with Gasteiger partial charge >= 0.3 is 0 Å². The minimum absolute atomic E-state index is 0.0715. The first-order valence-electron chi connectivity index (χ1n) is 13.8. The number of hydrazine groups is 1.